The highest BCUT2D eigenvalue weighted by Gasteiger charge is 2.34. The Morgan fingerprint density at radius 2 is 2.11 bits per heavy atom. The molecule has 0 spiro atoms. The molecule has 0 atom stereocenters. The lowest BCUT2D eigenvalue weighted by Crippen LogP contribution is -2.48. The molecule has 18 heavy (non-hydrogen) atoms. The largest absolute Gasteiger partial charge is 0.504 e. The minimum Gasteiger partial charge on any atom is -0.504 e. The Bertz CT molecular complexity index is 429. The van der Waals surface area contributed by atoms with E-state index >= 15 is 0 Å². The molecule has 1 amide bonds. The number of carbonyl (C=O) groups is 1. The SMILES string of the molecule is O=C(COc1ccccc1O)NCC1(O)CCC1. The van der Waals surface area contributed by atoms with Crippen LogP contribution in [0.3, 0.4) is 0 Å². The summed E-state index contributed by atoms with van der Waals surface area (Å²) < 4.78 is 5.17. The highest BCUT2D eigenvalue weighted by Crippen LogP contribution is 2.30. The van der Waals surface area contributed by atoms with Crippen LogP contribution in [-0.2, 0) is 4.79 Å². The van der Waals surface area contributed by atoms with E-state index in [0.717, 1.165) is 19.3 Å². The zero-order chi connectivity index (χ0) is 13.0. The van der Waals surface area contributed by atoms with Gasteiger partial charge in [-0.05, 0) is 31.4 Å². The van der Waals surface area contributed by atoms with Gasteiger partial charge in [0.05, 0.1) is 5.60 Å². The van der Waals surface area contributed by atoms with Crippen LogP contribution in [0, 0.1) is 0 Å². The number of para-hydroxylation sites is 2. The van der Waals surface area contributed by atoms with Gasteiger partial charge in [0.1, 0.15) is 0 Å². The Morgan fingerprint density at radius 3 is 2.72 bits per heavy atom. The van der Waals surface area contributed by atoms with Crippen LogP contribution in [0.1, 0.15) is 19.3 Å². The predicted molar refractivity (Wildman–Crippen MR) is 65.4 cm³/mol. The molecule has 2 rings (SSSR count). The quantitative estimate of drug-likeness (QED) is 0.723. The van der Waals surface area contributed by atoms with Crippen molar-refractivity contribution >= 4 is 5.91 Å². The zero-order valence-corrected chi connectivity index (χ0v) is 10.1. The summed E-state index contributed by atoms with van der Waals surface area (Å²) in [5, 5.41) is 21.8. The number of hydrogen-bond acceptors (Lipinski definition) is 4. The molecule has 98 valence electrons. The maximum Gasteiger partial charge on any atom is 0.258 e. The number of benzene rings is 1. The first kappa shape index (κ1) is 12.7. The number of aromatic hydroxyl groups is 1. The molecular weight excluding hydrogens is 234 g/mol. The zero-order valence-electron chi connectivity index (χ0n) is 10.1. The fourth-order valence-corrected chi connectivity index (χ4v) is 1.80. The molecule has 0 saturated heterocycles. The number of hydrogen-bond donors (Lipinski definition) is 3. The van der Waals surface area contributed by atoms with Crippen molar-refractivity contribution in [1.82, 2.24) is 5.32 Å². The Morgan fingerprint density at radius 1 is 1.39 bits per heavy atom. The molecule has 3 N–H and O–H groups in total. The van der Waals surface area contributed by atoms with Gasteiger partial charge < -0.3 is 20.3 Å². The summed E-state index contributed by atoms with van der Waals surface area (Å²) in [6.07, 6.45) is 2.46. The molecule has 5 nitrogen and oxygen atoms in total. The summed E-state index contributed by atoms with van der Waals surface area (Å²) in [5.74, 6) is -0.0310. The Balaban J connectivity index is 1.73. The van der Waals surface area contributed by atoms with Gasteiger partial charge in [-0.3, -0.25) is 4.79 Å². The third-order valence-corrected chi connectivity index (χ3v) is 3.12. The number of ether oxygens (including phenoxy) is 1. The van der Waals surface area contributed by atoms with E-state index in [1.54, 1.807) is 18.2 Å². The summed E-state index contributed by atoms with van der Waals surface area (Å²) in [4.78, 5) is 11.5. The van der Waals surface area contributed by atoms with Crippen molar-refractivity contribution in [3.63, 3.8) is 0 Å². The van der Waals surface area contributed by atoms with Crippen molar-refractivity contribution in [3.8, 4) is 11.5 Å². The van der Waals surface area contributed by atoms with E-state index in [4.69, 9.17) is 4.74 Å². The lowest BCUT2D eigenvalue weighted by molar-refractivity contribution is -0.125. The summed E-state index contributed by atoms with van der Waals surface area (Å²) in [6.45, 7) is 0.0869. The topological polar surface area (TPSA) is 78.8 Å². The highest BCUT2D eigenvalue weighted by molar-refractivity contribution is 5.77. The molecule has 0 unspecified atom stereocenters. The van der Waals surface area contributed by atoms with Gasteiger partial charge in [-0.1, -0.05) is 12.1 Å². The molecular formula is C13H17NO4. The highest BCUT2D eigenvalue weighted by atomic mass is 16.5. The fourth-order valence-electron chi connectivity index (χ4n) is 1.80. The third-order valence-electron chi connectivity index (χ3n) is 3.12. The number of amides is 1. The van der Waals surface area contributed by atoms with E-state index in [0.29, 0.717) is 0 Å². The minimum atomic E-state index is -0.732. The molecule has 1 aliphatic carbocycles. The first-order chi connectivity index (χ1) is 8.59. The number of aliphatic hydroxyl groups is 1. The van der Waals surface area contributed by atoms with Gasteiger partial charge in [0.15, 0.2) is 18.1 Å². The van der Waals surface area contributed by atoms with Crippen LogP contribution >= 0.6 is 0 Å². The van der Waals surface area contributed by atoms with E-state index < -0.39 is 5.60 Å². The third kappa shape index (κ3) is 3.13. The fraction of sp³-hybridized carbons (Fsp3) is 0.462. The maximum atomic E-state index is 11.5. The van der Waals surface area contributed by atoms with Gasteiger partial charge in [0.25, 0.3) is 5.91 Å². The first-order valence-electron chi connectivity index (χ1n) is 5.99. The van der Waals surface area contributed by atoms with Crippen molar-refractivity contribution < 1.29 is 19.7 Å². The molecule has 1 fully saturated rings. The second-order valence-corrected chi connectivity index (χ2v) is 4.61. The van der Waals surface area contributed by atoms with Crippen LogP contribution in [0.25, 0.3) is 0 Å². The van der Waals surface area contributed by atoms with Gasteiger partial charge in [-0.25, -0.2) is 0 Å². The normalized spacial score (nSPS) is 16.7. The lowest BCUT2D eigenvalue weighted by atomic mass is 9.80. The van der Waals surface area contributed by atoms with E-state index in [-0.39, 0.29) is 30.6 Å². The van der Waals surface area contributed by atoms with E-state index in [1.165, 1.54) is 6.07 Å². The summed E-state index contributed by atoms with van der Waals surface area (Å²) in [6, 6.07) is 6.46. The van der Waals surface area contributed by atoms with Crippen molar-refractivity contribution in [3.05, 3.63) is 24.3 Å². The maximum absolute atomic E-state index is 11.5. The molecule has 0 aromatic heterocycles. The smallest absolute Gasteiger partial charge is 0.258 e. The molecule has 0 bridgehead atoms. The van der Waals surface area contributed by atoms with E-state index in [1.807, 2.05) is 0 Å². The lowest BCUT2D eigenvalue weighted by Gasteiger charge is -2.36. The molecule has 1 saturated carbocycles. The average molecular weight is 251 g/mol. The predicted octanol–water partition coefficient (Wildman–Crippen LogP) is 0.802. The van der Waals surface area contributed by atoms with Gasteiger partial charge in [-0.15, -0.1) is 0 Å². The summed E-state index contributed by atoms with van der Waals surface area (Å²) >= 11 is 0. The Hall–Kier alpha value is -1.75. The molecule has 0 aliphatic heterocycles. The van der Waals surface area contributed by atoms with Crippen molar-refractivity contribution in [2.24, 2.45) is 0 Å². The Labute approximate surface area is 105 Å². The van der Waals surface area contributed by atoms with Crippen LogP contribution in [-0.4, -0.2) is 34.9 Å². The molecule has 1 aromatic carbocycles. The molecule has 0 heterocycles. The molecule has 1 aromatic rings. The van der Waals surface area contributed by atoms with E-state index in [9.17, 15) is 15.0 Å². The van der Waals surface area contributed by atoms with Crippen molar-refractivity contribution in [2.75, 3.05) is 13.2 Å². The van der Waals surface area contributed by atoms with Gasteiger partial charge in [0.2, 0.25) is 0 Å². The number of nitrogens with one attached hydrogen (secondary N) is 1. The standard InChI is InChI=1S/C13H17NO4/c15-10-4-1-2-5-11(10)18-8-12(16)14-9-13(17)6-3-7-13/h1-2,4-5,15,17H,3,6-9H2,(H,14,16). The van der Waals surface area contributed by atoms with E-state index in [2.05, 4.69) is 5.32 Å². The van der Waals surface area contributed by atoms with Crippen LogP contribution < -0.4 is 10.1 Å². The number of phenolic OH excluding ortho intramolecular Hbond substituents is 1. The summed E-state index contributed by atoms with van der Waals surface area (Å²) in [5.41, 5.74) is -0.732. The number of carbonyl (C=O) groups excluding carboxylic acids is 1. The van der Waals surface area contributed by atoms with Gasteiger partial charge >= 0.3 is 0 Å². The first-order valence-corrected chi connectivity index (χ1v) is 5.99. The van der Waals surface area contributed by atoms with Crippen LogP contribution in [0.5, 0.6) is 11.5 Å². The Kier molecular flexibility index (Phi) is 3.72. The molecule has 1 aliphatic rings. The number of rotatable bonds is 5. The van der Waals surface area contributed by atoms with Crippen molar-refractivity contribution in [2.45, 2.75) is 24.9 Å². The monoisotopic (exact) mass is 251 g/mol. The van der Waals surface area contributed by atoms with Gasteiger partial charge in [0, 0.05) is 6.54 Å². The summed E-state index contributed by atoms with van der Waals surface area (Å²) in [7, 11) is 0. The molecule has 5 heteroatoms. The van der Waals surface area contributed by atoms with Crippen LogP contribution in [0.15, 0.2) is 24.3 Å². The van der Waals surface area contributed by atoms with Gasteiger partial charge in [-0.2, -0.15) is 0 Å². The van der Waals surface area contributed by atoms with Crippen LogP contribution in [0.4, 0.5) is 0 Å². The minimum absolute atomic E-state index is 0.00270. The number of phenols is 1. The van der Waals surface area contributed by atoms with Crippen molar-refractivity contribution in [1.29, 1.82) is 0 Å². The second-order valence-electron chi connectivity index (χ2n) is 4.61. The second kappa shape index (κ2) is 5.27. The average Bonchev–Trinajstić information content (AvgIpc) is 2.33. The molecule has 0 radical (unpaired) electrons. The van der Waals surface area contributed by atoms with Crippen LogP contribution in [0.2, 0.25) is 0 Å².